The molecule has 0 aliphatic carbocycles. The van der Waals surface area contributed by atoms with Crippen LogP contribution in [0, 0.1) is 0 Å². The fourth-order valence-electron chi connectivity index (χ4n) is 1.71. The van der Waals surface area contributed by atoms with Crippen LogP contribution in [0.5, 0.6) is 0 Å². The largest absolute Gasteiger partial charge is 0.380 e. The number of rotatable bonds is 2. The van der Waals surface area contributed by atoms with E-state index >= 15 is 0 Å². The molecule has 1 aliphatic rings. The molecule has 0 bridgehead atoms. The number of hydrogen-bond acceptors (Lipinski definition) is 2. The van der Waals surface area contributed by atoms with Crippen molar-refractivity contribution in [3.63, 3.8) is 0 Å². The first kappa shape index (κ1) is 9.99. The van der Waals surface area contributed by atoms with E-state index in [0.29, 0.717) is 12.1 Å². The van der Waals surface area contributed by atoms with E-state index in [1.165, 1.54) is 0 Å². The van der Waals surface area contributed by atoms with Crippen molar-refractivity contribution in [2.75, 3.05) is 11.9 Å². The summed E-state index contributed by atoms with van der Waals surface area (Å²) in [6.07, 6.45) is 1.40. The Labute approximate surface area is 92.8 Å². The van der Waals surface area contributed by atoms with Gasteiger partial charge in [-0.2, -0.15) is 0 Å². The highest BCUT2D eigenvalue weighted by molar-refractivity contribution is 9.10. The Morgan fingerprint density at radius 2 is 2.36 bits per heavy atom. The van der Waals surface area contributed by atoms with Crippen LogP contribution in [0.1, 0.15) is 13.3 Å². The number of hydrogen-bond donors (Lipinski definition) is 1. The molecule has 3 heteroatoms. The molecule has 0 unspecified atom stereocenters. The molecule has 1 aromatic rings. The predicted molar refractivity (Wildman–Crippen MR) is 61.6 cm³/mol. The molecule has 76 valence electrons. The van der Waals surface area contributed by atoms with Gasteiger partial charge in [-0.05, 0) is 31.5 Å². The van der Waals surface area contributed by atoms with Gasteiger partial charge in [0, 0.05) is 16.8 Å². The Hall–Kier alpha value is -0.540. The predicted octanol–water partition coefficient (Wildman–Crippen LogP) is 3.04. The Morgan fingerprint density at radius 1 is 1.50 bits per heavy atom. The summed E-state index contributed by atoms with van der Waals surface area (Å²) < 4.78 is 6.60. The molecule has 1 heterocycles. The number of halogens is 1. The van der Waals surface area contributed by atoms with Gasteiger partial charge >= 0.3 is 0 Å². The average Bonchev–Trinajstić information content (AvgIpc) is 2.52. The van der Waals surface area contributed by atoms with Gasteiger partial charge in [-0.25, -0.2) is 0 Å². The maximum absolute atomic E-state index is 5.49. The summed E-state index contributed by atoms with van der Waals surface area (Å²) in [7, 11) is 0. The van der Waals surface area contributed by atoms with Gasteiger partial charge in [0.2, 0.25) is 0 Å². The zero-order valence-electron chi connectivity index (χ0n) is 8.16. The van der Waals surface area contributed by atoms with E-state index in [0.717, 1.165) is 23.2 Å². The Bertz CT molecular complexity index is 316. The molecular formula is C11H14BrNO. The molecule has 0 saturated carbocycles. The van der Waals surface area contributed by atoms with E-state index in [-0.39, 0.29) is 0 Å². The molecule has 0 amide bonds. The Kier molecular flexibility index (Phi) is 3.08. The fraction of sp³-hybridized carbons (Fsp3) is 0.455. The maximum Gasteiger partial charge on any atom is 0.0748 e. The van der Waals surface area contributed by atoms with Crippen molar-refractivity contribution in [1.82, 2.24) is 0 Å². The third kappa shape index (κ3) is 2.28. The lowest BCUT2D eigenvalue weighted by Crippen LogP contribution is -2.26. The first-order chi connectivity index (χ1) is 6.75. The molecule has 1 fully saturated rings. The van der Waals surface area contributed by atoms with Gasteiger partial charge in [0.15, 0.2) is 0 Å². The monoisotopic (exact) mass is 255 g/mol. The molecule has 14 heavy (non-hydrogen) atoms. The van der Waals surface area contributed by atoms with E-state index < -0.39 is 0 Å². The van der Waals surface area contributed by atoms with Gasteiger partial charge in [0.05, 0.1) is 12.1 Å². The summed E-state index contributed by atoms with van der Waals surface area (Å²) in [5.41, 5.74) is 1.15. The standard InChI is InChI=1S/C11H14BrNO/c1-8-11(5-6-14-8)13-10-4-2-3-9(12)7-10/h2-4,7-8,11,13H,5-6H2,1H3/t8-,11+/m1/s1. The molecule has 1 aliphatic heterocycles. The molecule has 1 N–H and O–H groups in total. The highest BCUT2D eigenvalue weighted by Gasteiger charge is 2.23. The summed E-state index contributed by atoms with van der Waals surface area (Å²) in [4.78, 5) is 0. The molecule has 1 saturated heterocycles. The van der Waals surface area contributed by atoms with Crippen LogP contribution >= 0.6 is 15.9 Å². The minimum Gasteiger partial charge on any atom is -0.380 e. The van der Waals surface area contributed by atoms with Crippen molar-refractivity contribution in [2.24, 2.45) is 0 Å². The SMILES string of the molecule is C[C@H]1OCC[C@@H]1Nc1cccc(Br)c1. The van der Waals surface area contributed by atoms with Crippen LogP contribution in [0.2, 0.25) is 0 Å². The Morgan fingerprint density at radius 3 is 3.00 bits per heavy atom. The van der Waals surface area contributed by atoms with Crippen LogP contribution in [0.15, 0.2) is 28.7 Å². The number of benzene rings is 1. The minimum absolute atomic E-state index is 0.314. The van der Waals surface area contributed by atoms with Crippen LogP contribution in [0.3, 0.4) is 0 Å². The quantitative estimate of drug-likeness (QED) is 0.878. The van der Waals surface area contributed by atoms with Crippen molar-refractivity contribution in [2.45, 2.75) is 25.5 Å². The van der Waals surface area contributed by atoms with E-state index in [9.17, 15) is 0 Å². The van der Waals surface area contributed by atoms with Crippen LogP contribution in [-0.4, -0.2) is 18.8 Å². The molecule has 1 aromatic carbocycles. The molecule has 2 nitrogen and oxygen atoms in total. The van der Waals surface area contributed by atoms with E-state index in [1.54, 1.807) is 0 Å². The lowest BCUT2D eigenvalue weighted by atomic mass is 10.1. The van der Waals surface area contributed by atoms with Gasteiger partial charge in [0.1, 0.15) is 0 Å². The minimum atomic E-state index is 0.314. The van der Waals surface area contributed by atoms with Crippen molar-refractivity contribution in [1.29, 1.82) is 0 Å². The molecule has 2 atom stereocenters. The van der Waals surface area contributed by atoms with Crippen molar-refractivity contribution in [3.8, 4) is 0 Å². The van der Waals surface area contributed by atoms with Crippen LogP contribution in [0.4, 0.5) is 5.69 Å². The van der Waals surface area contributed by atoms with Crippen molar-refractivity contribution >= 4 is 21.6 Å². The van der Waals surface area contributed by atoms with E-state index in [4.69, 9.17) is 4.74 Å². The average molecular weight is 256 g/mol. The van der Waals surface area contributed by atoms with Crippen LogP contribution in [0.25, 0.3) is 0 Å². The first-order valence-electron chi connectivity index (χ1n) is 4.89. The van der Waals surface area contributed by atoms with Gasteiger partial charge in [-0.3, -0.25) is 0 Å². The van der Waals surface area contributed by atoms with Gasteiger partial charge in [0.25, 0.3) is 0 Å². The third-order valence-corrected chi connectivity index (χ3v) is 3.05. The topological polar surface area (TPSA) is 21.3 Å². The van der Waals surface area contributed by atoms with E-state index in [1.807, 2.05) is 12.1 Å². The smallest absolute Gasteiger partial charge is 0.0748 e. The second-order valence-electron chi connectivity index (χ2n) is 3.63. The summed E-state index contributed by atoms with van der Waals surface area (Å²) in [6.45, 7) is 2.98. The van der Waals surface area contributed by atoms with Gasteiger partial charge in [-0.1, -0.05) is 22.0 Å². The number of anilines is 1. The second-order valence-corrected chi connectivity index (χ2v) is 4.54. The number of ether oxygens (including phenoxy) is 1. The summed E-state index contributed by atoms with van der Waals surface area (Å²) in [5.74, 6) is 0. The van der Waals surface area contributed by atoms with Gasteiger partial charge < -0.3 is 10.1 Å². The molecule has 0 aromatic heterocycles. The van der Waals surface area contributed by atoms with Gasteiger partial charge in [-0.15, -0.1) is 0 Å². The fourth-order valence-corrected chi connectivity index (χ4v) is 2.11. The van der Waals surface area contributed by atoms with E-state index in [2.05, 4.69) is 40.3 Å². The van der Waals surface area contributed by atoms with Crippen LogP contribution in [-0.2, 0) is 4.74 Å². The molecule has 0 radical (unpaired) electrons. The Balaban J connectivity index is 2.03. The molecular weight excluding hydrogens is 242 g/mol. The van der Waals surface area contributed by atoms with Crippen molar-refractivity contribution < 1.29 is 4.74 Å². The van der Waals surface area contributed by atoms with Crippen LogP contribution < -0.4 is 5.32 Å². The normalized spacial score (nSPS) is 26.4. The summed E-state index contributed by atoms with van der Waals surface area (Å²) in [5, 5.41) is 3.48. The number of nitrogens with one attached hydrogen (secondary N) is 1. The zero-order valence-corrected chi connectivity index (χ0v) is 9.75. The third-order valence-electron chi connectivity index (χ3n) is 2.55. The highest BCUT2D eigenvalue weighted by Crippen LogP contribution is 2.21. The maximum atomic E-state index is 5.49. The highest BCUT2D eigenvalue weighted by atomic mass is 79.9. The molecule has 2 rings (SSSR count). The summed E-state index contributed by atoms with van der Waals surface area (Å²) in [6, 6.07) is 8.68. The lowest BCUT2D eigenvalue weighted by Gasteiger charge is -2.17. The van der Waals surface area contributed by atoms with Crippen molar-refractivity contribution in [3.05, 3.63) is 28.7 Å². The lowest BCUT2D eigenvalue weighted by molar-refractivity contribution is 0.121. The summed E-state index contributed by atoms with van der Waals surface area (Å²) >= 11 is 3.46. The molecule has 0 spiro atoms. The zero-order chi connectivity index (χ0) is 9.97. The first-order valence-corrected chi connectivity index (χ1v) is 5.69. The second kappa shape index (κ2) is 4.32.